The van der Waals surface area contributed by atoms with Crippen molar-refractivity contribution in [2.24, 2.45) is 0 Å². The van der Waals surface area contributed by atoms with Crippen molar-refractivity contribution >= 4 is 15.8 Å². The van der Waals surface area contributed by atoms with E-state index in [1.165, 1.54) is 33.9 Å². The Morgan fingerprint density at radius 2 is 2.03 bits per heavy atom. The molecular weight excluding hydrogens is 395 g/mol. The second kappa shape index (κ2) is 7.53. The van der Waals surface area contributed by atoms with Gasteiger partial charge in [-0.25, -0.2) is 27.5 Å². The number of piperazine rings is 1. The fourth-order valence-electron chi connectivity index (χ4n) is 3.62. The molecule has 1 fully saturated rings. The van der Waals surface area contributed by atoms with E-state index in [-0.39, 0.29) is 16.8 Å². The summed E-state index contributed by atoms with van der Waals surface area (Å²) in [6, 6.07) is 7.81. The molecule has 1 aromatic carbocycles. The van der Waals surface area contributed by atoms with Gasteiger partial charge in [-0.3, -0.25) is 0 Å². The van der Waals surface area contributed by atoms with Crippen molar-refractivity contribution in [2.45, 2.75) is 24.8 Å². The highest BCUT2D eigenvalue weighted by atomic mass is 32.2. The number of nitrogens with zero attached hydrogens (tertiary/aromatic N) is 6. The van der Waals surface area contributed by atoms with E-state index in [9.17, 15) is 12.8 Å². The molecule has 29 heavy (non-hydrogen) atoms. The molecule has 0 N–H and O–H groups in total. The van der Waals surface area contributed by atoms with Gasteiger partial charge in [0.2, 0.25) is 10.0 Å². The van der Waals surface area contributed by atoms with Gasteiger partial charge in [0.1, 0.15) is 24.3 Å². The number of aromatic nitrogens is 4. The molecule has 1 aliphatic rings. The minimum Gasteiger partial charge on any atom is -0.353 e. The van der Waals surface area contributed by atoms with Crippen LogP contribution >= 0.6 is 0 Å². The maximum absolute atomic E-state index is 13.4. The Bertz CT molecular complexity index is 1120. The van der Waals surface area contributed by atoms with E-state index in [1.807, 2.05) is 11.8 Å². The van der Waals surface area contributed by atoms with Gasteiger partial charge in [-0.15, -0.1) is 0 Å². The molecule has 0 radical (unpaired) electrons. The number of benzene rings is 1. The number of sulfonamides is 1. The summed E-state index contributed by atoms with van der Waals surface area (Å²) in [7, 11) is -3.68. The highest BCUT2D eigenvalue weighted by Gasteiger charge is 2.34. The van der Waals surface area contributed by atoms with Crippen LogP contribution in [0.3, 0.4) is 0 Å². The number of anilines is 1. The Kier molecular flexibility index (Phi) is 5.05. The van der Waals surface area contributed by atoms with Gasteiger partial charge < -0.3 is 4.90 Å². The Morgan fingerprint density at radius 1 is 1.21 bits per heavy atom. The quantitative estimate of drug-likeness (QED) is 0.647. The zero-order valence-electron chi connectivity index (χ0n) is 16.1. The molecule has 3 heterocycles. The van der Waals surface area contributed by atoms with Gasteiger partial charge in [-0.05, 0) is 43.7 Å². The number of rotatable bonds is 4. The van der Waals surface area contributed by atoms with Crippen LogP contribution < -0.4 is 4.90 Å². The maximum atomic E-state index is 13.4. The lowest BCUT2D eigenvalue weighted by Crippen LogP contribution is -2.54. The lowest BCUT2D eigenvalue weighted by atomic mass is 10.2. The molecule has 152 valence electrons. The third-order valence-electron chi connectivity index (χ3n) is 4.99. The number of pyridine rings is 1. The number of hydrogen-bond donors (Lipinski definition) is 0. The van der Waals surface area contributed by atoms with Crippen molar-refractivity contribution in [1.29, 1.82) is 0 Å². The van der Waals surface area contributed by atoms with Crippen molar-refractivity contribution in [3.63, 3.8) is 0 Å². The first kappa shape index (κ1) is 19.5. The zero-order chi connectivity index (χ0) is 20.6. The monoisotopic (exact) mass is 416 g/mol. The van der Waals surface area contributed by atoms with Crippen LogP contribution in [-0.4, -0.2) is 58.1 Å². The van der Waals surface area contributed by atoms with Gasteiger partial charge >= 0.3 is 0 Å². The average molecular weight is 416 g/mol. The minimum atomic E-state index is -3.68. The molecule has 0 bridgehead atoms. The van der Waals surface area contributed by atoms with Crippen LogP contribution in [0.1, 0.15) is 12.5 Å². The van der Waals surface area contributed by atoms with Crippen LogP contribution in [0.2, 0.25) is 0 Å². The number of aryl methyl sites for hydroxylation is 1. The molecule has 10 heteroatoms. The Balaban J connectivity index is 1.57. The van der Waals surface area contributed by atoms with E-state index in [4.69, 9.17) is 0 Å². The van der Waals surface area contributed by atoms with Crippen LogP contribution in [0.15, 0.2) is 54.1 Å². The summed E-state index contributed by atoms with van der Waals surface area (Å²) >= 11 is 0. The van der Waals surface area contributed by atoms with Crippen LogP contribution in [0, 0.1) is 12.7 Å². The molecule has 4 rings (SSSR count). The summed E-state index contributed by atoms with van der Waals surface area (Å²) in [4.78, 5) is 10.3. The molecule has 2 aromatic heterocycles. The summed E-state index contributed by atoms with van der Waals surface area (Å²) in [6.07, 6.45) is 4.10. The first-order valence-electron chi connectivity index (χ1n) is 9.20. The smallest absolute Gasteiger partial charge is 0.243 e. The van der Waals surface area contributed by atoms with Gasteiger partial charge in [-0.2, -0.15) is 9.40 Å². The molecule has 1 atom stereocenters. The van der Waals surface area contributed by atoms with Gasteiger partial charge in [0.05, 0.1) is 16.8 Å². The predicted octanol–water partition coefficient (Wildman–Crippen LogP) is 2.01. The molecule has 1 aliphatic heterocycles. The number of halogens is 1. The third kappa shape index (κ3) is 3.73. The van der Waals surface area contributed by atoms with Gasteiger partial charge in [-0.1, -0.05) is 6.07 Å². The molecule has 0 amide bonds. The third-order valence-corrected chi connectivity index (χ3v) is 7.00. The Morgan fingerprint density at radius 3 is 2.72 bits per heavy atom. The highest BCUT2D eigenvalue weighted by molar-refractivity contribution is 7.89. The zero-order valence-corrected chi connectivity index (χ0v) is 16.9. The van der Waals surface area contributed by atoms with E-state index in [0.717, 1.165) is 5.56 Å². The number of hydrogen-bond acceptors (Lipinski definition) is 6. The van der Waals surface area contributed by atoms with E-state index in [2.05, 4.69) is 15.1 Å². The van der Waals surface area contributed by atoms with Crippen LogP contribution in [0.4, 0.5) is 10.2 Å². The molecule has 1 saturated heterocycles. The Labute approximate surface area is 168 Å². The fourth-order valence-corrected chi connectivity index (χ4v) is 5.27. The molecule has 0 aliphatic carbocycles. The van der Waals surface area contributed by atoms with Crippen LogP contribution in [0.5, 0.6) is 0 Å². The van der Waals surface area contributed by atoms with Gasteiger partial charge in [0.25, 0.3) is 0 Å². The molecule has 0 unspecified atom stereocenters. The van der Waals surface area contributed by atoms with Crippen molar-refractivity contribution in [2.75, 3.05) is 24.5 Å². The maximum Gasteiger partial charge on any atom is 0.243 e. The molecule has 0 spiro atoms. The fraction of sp³-hybridized carbons (Fsp3) is 0.316. The van der Waals surface area contributed by atoms with Crippen LogP contribution in [-0.2, 0) is 10.0 Å². The first-order chi connectivity index (χ1) is 13.9. The summed E-state index contributed by atoms with van der Waals surface area (Å²) in [5.41, 5.74) is 1.36. The van der Waals surface area contributed by atoms with E-state index >= 15 is 0 Å². The highest BCUT2D eigenvalue weighted by Crippen LogP contribution is 2.26. The second-order valence-corrected chi connectivity index (χ2v) is 8.93. The molecule has 0 saturated carbocycles. The predicted molar refractivity (Wildman–Crippen MR) is 106 cm³/mol. The minimum absolute atomic E-state index is 0.210. The van der Waals surface area contributed by atoms with Crippen molar-refractivity contribution in [1.82, 2.24) is 24.1 Å². The summed E-state index contributed by atoms with van der Waals surface area (Å²) in [5.74, 6) is 0.302. The van der Waals surface area contributed by atoms with Crippen molar-refractivity contribution in [3.8, 4) is 5.69 Å². The summed E-state index contributed by atoms with van der Waals surface area (Å²) in [5, 5.41) is 4.05. The normalized spacial score (nSPS) is 18.2. The van der Waals surface area contributed by atoms with Crippen LogP contribution in [0.25, 0.3) is 5.69 Å². The standard InChI is InChI=1S/C19H21FN6O2S/c1-14-8-16(20)10-22-19(14)24-6-7-26(15(2)11-24)29(27,28)18-5-3-4-17(9-18)25-13-21-12-23-25/h3-5,8-10,12-13,15H,6-7,11H2,1-2H3/t15-/m1/s1. The Hall–Kier alpha value is -2.85. The SMILES string of the molecule is Cc1cc(F)cnc1N1CCN(S(=O)(=O)c2cccc(-n3cncn3)c2)[C@H](C)C1. The largest absolute Gasteiger partial charge is 0.353 e. The van der Waals surface area contributed by atoms with Crippen molar-refractivity contribution in [3.05, 3.63) is 60.6 Å². The topological polar surface area (TPSA) is 84.2 Å². The van der Waals surface area contributed by atoms with E-state index in [0.29, 0.717) is 31.1 Å². The lowest BCUT2D eigenvalue weighted by Gasteiger charge is -2.40. The van der Waals surface area contributed by atoms with Crippen molar-refractivity contribution < 1.29 is 12.8 Å². The molecule has 8 nitrogen and oxygen atoms in total. The molecule has 3 aromatic rings. The first-order valence-corrected chi connectivity index (χ1v) is 10.6. The average Bonchev–Trinajstić information content (AvgIpc) is 3.23. The van der Waals surface area contributed by atoms with Gasteiger partial charge in [0, 0.05) is 25.7 Å². The summed E-state index contributed by atoms with van der Waals surface area (Å²) < 4.78 is 42.9. The van der Waals surface area contributed by atoms with Gasteiger partial charge in [0.15, 0.2) is 0 Å². The summed E-state index contributed by atoms with van der Waals surface area (Å²) in [6.45, 7) is 4.93. The molecular formula is C19H21FN6O2S. The second-order valence-electron chi connectivity index (χ2n) is 7.04. The lowest BCUT2D eigenvalue weighted by molar-refractivity contribution is 0.305. The van der Waals surface area contributed by atoms with E-state index < -0.39 is 10.0 Å². The van der Waals surface area contributed by atoms with E-state index in [1.54, 1.807) is 31.2 Å².